The van der Waals surface area contributed by atoms with Crippen molar-refractivity contribution in [1.29, 1.82) is 5.26 Å². The van der Waals surface area contributed by atoms with Crippen LogP contribution < -0.4 is 19.9 Å². The van der Waals surface area contributed by atoms with Gasteiger partial charge in [0.15, 0.2) is 0 Å². The third-order valence-electron chi connectivity index (χ3n) is 7.58. The number of likely N-dealkylation sites (tertiary alicyclic amines) is 1. The molecule has 6 rings (SSSR count). The number of benzene rings is 2. The number of nitriles is 1. The zero-order valence-corrected chi connectivity index (χ0v) is 27.3. The Morgan fingerprint density at radius 3 is 2.26 bits per heavy atom. The van der Waals surface area contributed by atoms with E-state index >= 15 is 0 Å². The van der Waals surface area contributed by atoms with Crippen LogP contribution in [0.1, 0.15) is 58.7 Å². The lowest BCUT2D eigenvalue weighted by molar-refractivity contribution is 0.346. The molecule has 42 heavy (non-hydrogen) atoms. The van der Waals surface area contributed by atoms with Crippen LogP contribution in [0.15, 0.2) is 36.4 Å². The number of hydrogen-bond acceptors (Lipinski definition) is 8. The highest BCUT2D eigenvalue weighted by molar-refractivity contribution is 6.36. The van der Waals surface area contributed by atoms with Crippen molar-refractivity contribution in [3.05, 3.63) is 52.7 Å². The normalized spacial score (nSPS) is 17.4. The summed E-state index contributed by atoms with van der Waals surface area (Å²) in [4.78, 5) is 16.6. The molecule has 0 amide bonds. The van der Waals surface area contributed by atoms with Crippen molar-refractivity contribution in [3.8, 4) is 12.1 Å². The Balaban J connectivity index is 0.000000377. The first kappa shape index (κ1) is 33.4. The topological polar surface area (TPSA) is 80.5 Å². The smallest absolute Gasteiger partial charge is 0.318 e. The van der Waals surface area contributed by atoms with E-state index in [0.717, 1.165) is 65.6 Å². The Kier molecular flexibility index (Phi) is 12.7. The Morgan fingerprint density at radius 2 is 1.67 bits per heavy atom. The largest absolute Gasteiger partial charge is 0.467 e. The molecule has 9 heteroatoms. The molecule has 0 radical (unpaired) electrons. The molecule has 0 unspecified atom stereocenters. The van der Waals surface area contributed by atoms with E-state index in [-0.39, 0.29) is 5.54 Å². The predicted molar refractivity (Wildman–Crippen MR) is 176 cm³/mol. The van der Waals surface area contributed by atoms with Crippen LogP contribution in [0.25, 0.3) is 10.8 Å². The van der Waals surface area contributed by atoms with Crippen LogP contribution in [0, 0.1) is 11.3 Å². The summed E-state index contributed by atoms with van der Waals surface area (Å²) in [6.45, 7) is 16.9. The molecule has 3 aliphatic rings. The molecule has 3 aliphatic heterocycles. The van der Waals surface area contributed by atoms with Gasteiger partial charge in [-0.15, -0.1) is 0 Å². The first-order chi connectivity index (χ1) is 20.3. The minimum atomic E-state index is 0.0454. The summed E-state index contributed by atoms with van der Waals surface area (Å²) in [6.07, 6.45) is 3.72. The summed E-state index contributed by atoms with van der Waals surface area (Å²) in [7, 11) is 3.81. The Bertz CT molecular complexity index is 1330. The van der Waals surface area contributed by atoms with Crippen molar-refractivity contribution in [1.82, 2.24) is 20.2 Å². The van der Waals surface area contributed by atoms with Gasteiger partial charge >= 0.3 is 6.01 Å². The zero-order chi connectivity index (χ0) is 30.7. The molecule has 2 saturated heterocycles. The van der Waals surface area contributed by atoms with E-state index < -0.39 is 0 Å². The fraction of sp³-hybridized carbons (Fsp3) is 0.545. The van der Waals surface area contributed by atoms with E-state index in [4.69, 9.17) is 31.6 Å². The molecule has 3 aromatic rings. The van der Waals surface area contributed by atoms with Crippen molar-refractivity contribution >= 4 is 33.9 Å². The highest BCUT2D eigenvalue weighted by Gasteiger charge is 2.31. The molecule has 2 fully saturated rings. The van der Waals surface area contributed by atoms with Gasteiger partial charge in [0.25, 0.3) is 0 Å². The number of aromatic nitrogens is 2. The van der Waals surface area contributed by atoms with Crippen LogP contribution in [0.3, 0.4) is 0 Å². The maximum atomic E-state index is 7.32. The van der Waals surface area contributed by atoms with Crippen LogP contribution in [0.4, 0.5) is 11.5 Å². The first-order valence-corrected chi connectivity index (χ1v) is 15.5. The number of nitrogens with one attached hydrogen (secondary N) is 1. The molecule has 8 nitrogen and oxygen atoms in total. The SMILES string of the molecule is CC.CC#N.CN1CCCC1.COc1nc2c(c(N3CCNC(C)(C)C3)n1)CCN(c1cccc3cccc(Cl)c13)C2. The monoisotopic (exact) mass is 593 g/mol. The average molecular weight is 594 g/mol. The highest BCUT2D eigenvalue weighted by atomic mass is 35.5. The van der Waals surface area contributed by atoms with Gasteiger partial charge in [0.05, 0.1) is 30.4 Å². The molecule has 0 spiro atoms. The molecule has 0 saturated carbocycles. The summed E-state index contributed by atoms with van der Waals surface area (Å²) in [6, 6.07) is 14.6. The summed E-state index contributed by atoms with van der Waals surface area (Å²) in [5, 5.41) is 13.9. The fourth-order valence-electron chi connectivity index (χ4n) is 5.68. The van der Waals surface area contributed by atoms with Crippen molar-refractivity contribution < 1.29 is 4.74 Å². The number of nitrogens with zero attached hydrogens (tertiary/aromatic N) is 6. The van der Waals surface area contributed by atoms with E-state index in [2.05, 4.69) is 65.2 Å². The van der Waals surface area contributed by atoms with Gasteiger partial charge in [-0.3, -0.25) is 0 Å². The molecule has 0 atom stereocenters. The predicted octanol–water partition coefficient (Wildman–Crippen LogP) is 6.31. The van der Waals surface area contributed by atoms with Crippen LogP contribution in [0.2, 0.25) is 5.02 Å². The lowest BCUT2D eigenvalue weighted by Gasteiger charge is -2.41. The number of rotatable bonds is 3. The summed E-state index contributed by atoms with van der Waals surface area (Å²) >= 11 is 6.60. The molecule has 1 aromatic heterocycles. The van der Waals surface area contributed by atoms with Gasteiger partial charge in [-0.2, -0.15) is 15.2 Å². The minimum Gasteiger partial charge on any atom is -0.467 e. The number of fused-ring (bicyclic) bond motifs is 2. The Labute approximate surface area is 257 Å². The Morgan fingerprint density at radius 1 is 1.00 bits per heavy atom. The summed E-state index contributed by atoms with van der Waals surface area (Å²) < 4.78 is 5.49. The van der Waals surface area contributed by atoms with Crippen molar-refractivity contribution in [2.24, 2.45) is 0 Å². The van der Waals surface area contributed by atoms with E-state index in [1.807, 2.05) is 26.0 Å². The quantitative estimate of drug-likeness (QED) is 0.378. The van der Waals surface area contributed by atoms with Crippen molar-refractivity contribution in [2.75, 3.05) is 63.2 Å². The van der Waals surface area contributed by atoms with Gasteiger partial charge in [0, 0.05) is 55.3 Å². The van der Waals surface area contributed by atoms with E-state index in [0.29, 0.717) is 12.6 Å². The second-order valence-electron chi connectivity index (χ2n) is 11.2. The molecular weight excluding hydrogens is 546 g/mol. The minimum absolute atomic E-state index is 0.0454. The molecule has 4 heterocycles. The number of halogens is 1. The highest BCUT2D eigenvalue weighted by Crippen LogP contribution is 2.37. The van der Waals surface area contributed by atoms with Crippen LogP contribution in [-0.4, -0.2) is 73.8 Å². The van der Waals surface area contributed by atoms with Gasteiger partial charge in [-0.1, -0.05) is 49.7 Å². The standard InChI is InChI=1S/C24H28ClN5O.C5H11N.C2H3N.C2H6/c1-24(2)15-30(13-11-26-24)22-17-10-12-29(14-19(17)27-23(28-22)31-3)20-9-5-7-16-6-4-8-18(25)21(16)20;1-6-4-2-3-5-6;1-2-3;1-2/h4-9,26H,10-15H2,1-3H3;2-5H2,1H3;1H3;1-2H3. The third kappa shape index (κ3) is 8.47. The lowest BCUT2D eigenvalue weighted by Crippen LogP contribution is -2.57. The first-order valence-electron chi connectivity index (χ1n) is 15.1. The lowest BCUT2D eigenvalue weighted by atomic mass is 9.99. The summed E-state index contributed by atoms with van der Waals surface area (Å²) in [5.74, 6) is 1.02. The molecular formula is C33H48ClN7O. The van der Waals surface area contributed by atoms with Gasteiger partial charge in [0.1, 0.15) is 5.82 Å². The molecule has 0 aliphatic carbocycles. The number of anilines is 2. The number of methoxy groups -OCH3 is 1. The van der Waals surface area contributed by atoms with E-state index in [1.54, 1.807) is 13.2 Å². The van der Waals surface area contributed by atoms with Crippen LogP contribution >= 0.6 is 11.6 Å². The van der Waals surface area contributed by atoms with E-state index in [1.165, 1.54) is 38.4 Å². The van der Waals surface area contributed by atoms with Gasteiger partial charge in [0.2, 0.25) is 0 Å². The number of ether oxygens (including phenoxy) is 1. The average Bonchev–Trinajstić information content (AvgIpc) is 3.48. The maximum Gasteiger partial charge on any atom is 0.318 e. The fourth-order valence-corrected chi connectivity index (χ4v) is 5.96. The third-order valence-corrected chi connectivity index (χ3v) is 7.89. The molecule has 0 bridgehead atoms. The van der Waals surface area contributed by atoms with E-state index in [9.17, 15) is 0 Å². The number of piperazine rings is 1. The maximum absolute atomic E-state index is 7.32. The second kappa shape index (κ2) is 15.9. The van der Waals surface area contributed by atoms with Crippen LogP contribution in [-0.2, 0) is 13.0 Å². The van der Waals surface area contributed by atoms with Gasteiger partial charge < -0.3 is 24.8 Å². The molecule has 1 N–H and O–H groups in total. The summed E-state index contributed by atoms with van der Waals surface area (Å²) in [5.41, 5.74) is 3.47. The number of hydrogen-bond donors (Lipinski definition) is 1. The Hall–Kier alpha value is -3.12. The van der Waals surface area contributed by atoms with Crippen LogP contribution in [0.5, 0.6) is 6.01 Å². The second-order valence-corrected chi connectivity index (χ2v) is 11.6. The zero-order valence-electron chi connectivity index (χ0n) is 26.5. The molecule has 2 aromatic carbocycles. The van der Waals surface area contributed by atoms with Crippen molar-refractivity contribution in [2.45, 2.75) is 66.0 Å². The van der Waals surface area contributed by atoms with Gasteiger partial charge in [-0.25, -0.2) is 0 Å². The van der Waals surface area contributed by atoms with Crippen molar-refractivity contribution in [3.63, 3.8) is 0 Å². The molecule has 228 valence electrons. The van der Waals surface area contributed by atoms with Gasteiger partial charge in [-0.05, 0) is 70.8 Å².